The van der Waals surface area contributed by atoms with Crippen LogP contribution in [-0.4, -0.2) is 22.1 Å². The van der Waals surface area contributed by atoms with E-state index in [1.807, 2.05) is 38.3 Å². The molecule has 0 aliphatic heterocycles. The van der Waals surface area contributed by atoms with Crippen LogP contribution in [0.15, 0.2) is 6.07 Å². The largest absolute Gasteiger partial charge is 0.370 e. The van der Waals surface area contributed by atoms with Crippen molar-refractivity contribution in [3.8, 4) is 0 Å². The van der Waals surface area contributed by atoms with Crippen LogP contribution in [0.4, 0.5) is 0 Å². The zero-order chi connectivity index (χ0) is 14.1. The molecule has 18 heavy (non-hydrogen) atoms. The number of hydrogen-bond donors (Lipinski definition) is 1. The van der Waals surface area contributed by atoms with Gasteiger partial charge in [0.25, 0.3) is 0 Å². The van der Waals surface area contributed by atoms with E-state index >= 15 is 0 Å². The van der Waals surface area contributed by atoms with E-state index in [0.29, 0.717) is 5.56 Å². The lowest BCUT2D eigenvalue weighted by molar-refractivity contribution is -0.119. The van der Waals surface area contributed by atoms with Crippen LogP contribution in [0.2, 0.25) is 0 Å². The van der Waals surface area contributed by atoms with Crippen molar-refractivity contribution in [2.45, 2.75) is 39.7 Å². The summed E-state index contributed by atoms with van der Waals surface area (Å²) in [6, 6.07) is 1.81. The molecule has 0 spiro atoms. The Hall–Kier alpha value is -1.29. The summed E-state index contributed by atoms with van der Waals surface area (Å²) in [5.74, 6) is -0.510. The SMILES string of the molecule is Cc1cc(C(=O)CCl)c(C)n1C(C)(C)CC(N)=O. The maximum atomic E-state index is 11.7. The Kier molecular flexibility index (Phi) is 4.22. The molecule has 100 valence electrons. The molecule has 2 N–H and O–H groups in total. The smallest absolute Gasteiger partial charge is 0.219 e. The van der Waals surface area contributed by atoms with Gasteiger partial charge in [0.05, 0.1) is 5.88 Å². The van der Waals surface area contributed by atoms with Crippen molar-refractivity contribution in [1.82, 2.24) is 4.57 Å². The predicted octanol–water partition coefficient (Wildman–Crippen LogP) is 2.14. The highest BCUT2D eigenvalue weighted by Crippen LogP contribution is 2.27. The van der Waals surface area contributed by atoms with E-state index < -0.39 is 5.54 Å². The van der Waals surface area contributed by atoms with Gasteiger partial charge >= 0.3 is 0 Å². The molecule has 0 radical (unpaired) electrons. The Morgan fingerprint density at radius 2 is 1.94 bits per heavy atom. The second-order valence-corrected chi connectivity index (χ2v) is 5.40. The Labute approximate surface area is 112 Å². The number of nitrogens with zero attached hydrogens (tertiary/aromatic N) is 1. The predicted molar refractivity (Wildman–Crippen MR) is 72.1 cm³/mol. The van der Waals surface area contributed by atoms with Gasteiger partial charge in [0.15, 0.2) is 5.78 Å². The van der Waals surface area contributed by atoms with Crippen molar-refractivity contribution in [3.05, 3.63) is 23.0 Å². The summed E-state index contributed by atoms with van der Waals surface area (Å²) in [5.41, 5.74) is 7.17. The minimum atomic E-state index is -0.454. The summed E-state index contributed by atoms with van der Waals surface area (Å²) in [7, 11) is 0. The van der Waals surface area contributed by atoms with Gasteiger partial charge in [0.2, 0.25) is 5.91 Å². The van der Waals surface area contributed by atoms with Crippen LogP contribution in [0, 0.1) is 13.8 Å². The van der Waals surface area contributed by atoms with Crippen molar-refractivity contribution in [3.63, 3.8) is 0 Å². The number of ketones is 1. The molecule has 0 aliphatic carbocycles. The van der Waals surface area contributed by atoms with Crippen molar-refractivity contribution < 1.29 is 9.59 Å². The number of carbonyl (C=O) groups excluding carboxylic acids is 2. The van der Waals surface area contributed by atoms with E-state index in [2.05, 4.69) is 0 Å². The van der Waals surface area contributed by atoms with Crippen LogP contribution in [-0.2, 0) is 10.3 Å². The summed E-state index contributed by atoms with van der Waals surface area (Å²) in [6.07, 6.45) is 0.220. The molecule has 0 bridgehead atoms. The van der Waals surface area contributed by atoms with E-state index in [-0.39, 0.29) is 24.0 Å². The number of rotatable bonds is 5. The molecule has 0 saturated heterocycles. The van der Waals surface area contributed by atoms with E-state index in [9.17, 15) is 9.59 Å². The summed E-state index contributed by atoms with van der Waals surface area (Å²) in [5, 5.41) is 0. The number of amides is 1. The fraction of sp³-hybridized carbons (Fsp3) is 0.538. The molecular weight excluding hydrogens is 252 g/mol. The van der Waals surface area contributed by atoms with Crippen LogP contribution >= 0.6 is 11.6 Å². The Bertz CT molecular complexity index is 489. The van der Waals surface area contributed by atoms with Gasteiger partial charge in [-0.05, 0) is 33.8 Å². The number of halogens is 1. The van der Waals surface area contributed by atoms with E-state index in [4.69, 9.17) is 17.3 Å². The van der Waals surface area contributed by atoms with Crippen molar-refractivity contribution in [2.75, 3.05) is 5.88 Å². The third kappa shape index (κ3) is 2.75. The van der Waals surface area contributed by atoms with Crippen LogP contribution in [0.1, 0.15) is 42.0 Å². The third-order valence-corrected chi connectivity index (χ3v) is 3.31. The lowest BCUT2D eigenvalue weighted by Crippen LogP contribution is -2.33. The number of nitrogens with two attached hydrogens (primary N) is 1. The number of carbonyl (C=O) groups is 2. The molecule has 5 heteroatoms. The number of aromatic nitrogens is 1. The number of aryl methyl sites for hydroxylation is 1. The van der Waals surface area contributed by atoms with Gasteiger partial charge in [-0.3, -0.25) is 9.59 Å². The van der Waals surface area contributed by atoms with Gasteiger partial charge in [0.1, 0.15) is 0 Å². The van der Waals surface area contributed by atoms with Gasteiger partial charge in [-0.1, -0.05) is 0 Å². The highest BCUT2D eigenvalue weighted by Gasteiger charge is 2.27. The number of primary amides is 1. The molecule has 1 aromatic rings. The average Bonchev–Trinajstić information content (AvgIpc) is 2.51. The minimum absolute atomic E-state index is 0.0411. The first kappa shape index (κ1) is 14.8. The molecule has 1 rings (SSSR count). The molecule has 0 saturated carbocycles. The summed E-state index contributed by atoms with van der Waals surface area (Å²) in [6.45, 7) is 7.61. The minimum Gasteiger partial charge on any atom is -0.370 e. The maximum Gasteiger partial charge on any atom is 0.219 e. The normalized spacial score (nSPS) is 11.6. The third-order valence-electron chi connectivity index (χ3n) is 3.07. The van der Waals surface area contributed by atoms with Gasteiger partial charge in [-0.15, -0.1) is 11.6 Å². The Morgan fingerprint density at radius 3 is 2.39 bits per heavy atom. The van der Waals surface area contributed by atoms with E-state index in [1.165, 1.54) is 0 Å². The Morgan fingerprint density at radius 1 is 1.39 bits per heavy atom. The summed E-state index contributed by atoms with van der Waals surface area (Å²) in [4.78, 5) is 22.8. The molecule has 4 nitrogen and oxygen atoms in total. The van der Waals surface area contributed by atoms with E-state index in [1.54, 1.807) is 0 Å². The van der Waals surface area contributed by atoms with Crippen molar-refractivity contribution >= 4 is 23.3 Å². The first-order valence-electron chi connectivity index (χ1n) is 5.77. The molecule has 0 aliphatic rings. The standard InChI is InChI=1S/C13H19ClN2O2/c1-8-5-10(11(17)7-14)9(2)16(8)13(3,4)6-12(15)18/h5H,6-7H2,1-4H3,(H2,15,18). The number of alkyl halides is 1. The van der Waals surface area contributed by atoms with Gasteiger partial charge < -0.3 is 10.3 Å². The lowest BCUT2D eigenvalue weighted by Gasteiger charge is -2.29. The lowest BCUT2D eigenvalue weighted by atomic mass is 9.99. The van der Waals surface area contributed by atoms with Gasteiger partial charge in [-0.2, -0.15) is 0 Å². The second kappa shape index (κ2) is 5.14. The molecular formula is C13H19ClN2O2. The number of hydrogen-bond acceptors (Lipinski definition) is 2. The Balaban J connectivity index is 3.29. The maximum absolute atomic E-state index is 11.7. The topological polar surface area (TPSA) is 65.1 Å². The van der Waals surface area contributed by atoms with Gasteiger partial charge in [0, 0.05) is 28.9 Å². The van der Waals surface area contributed by atoms with E-state index in [0.717, 1.165) is 11.4 Å². The van der Waals surface area contributed by atoms with Crippen molar-refractivity contribution in [2.24, 2.45) is 5.73 Å². The monoisotopic (exact) mass is 270 g/mol. The second-order valence-electron chi connectivity index (χ2n) is 5.13. The van der Waals surface area contributed by atoms with Crippen molar-refractivity contribution in [1.29, 1.82) is 0 Å². The molecule has 1 aromatic heterocycles. The van der Waals surface area contributed by atoms with Gasteiger partial charge in [-0.25, -0.2) is 0 Å². The molecule has 0 fully saturated rings. The highest BCUT2D eigenvalue weighted by molar-refractivity contribution is 6.30. The molecule has 1 amide bonds. The fourth-order valence-electron chi connectivity index (χ4n) is 2.55. The van der Waals surface area contributed by atoms with Crippen LogP contribution in [0.3, 0.4) is 0 Å². The summed E-state index contributed by atoms with van der Waals surface area (Å²) < 4.78 is 1.97. The van der Waals surface area contributed by atoms with Crippen LogP contribution in [0.5, 0.6) is 0 Å². The highest BCUT2D eigenvalue weighted by atomic mass is 35.5. The first-order chi connectivity index (χ1) is 8.20. The molecule has 0 atom stereocenters. The van der Waals surface area contributed by atoms with Crippen LogP contribution < -0.4 is 5.73 Å². The number of Topliss-reactive ketones (excluding diaryl/α,β-unsaturated/α-hetero) is 1. The summed E-state index contributed by atoms with van der Waals surface area (Å²) >= 11 is 5.59. The molecule has 0 aromatic carbocycles. The molecule has 0 unspecified atom stereocenters. The fourth-order valence-corrected chi connectivity index (χ4v) is 2.70. The zero-order valence-corrected chi connectivity index (χ0v) is 12.0. The average molecular weight is 271 g/mol. The van der Waals surface area contributed by atoms with Crippen LogP contribution in [0.25, 0.3) is 0 Å². The quantitative estimate of drug-likeness (QED) is 0.658. The zero-order valence-electron chi connectivity index (χ0n) is 11.2. The molecule has 1 heterocycles. The first-order valence-corrected chi connectivity index (χ1v) is 6.31.